The predicted octanol–water partition coefficient (Wildman–Crippen LogP) is 2.87. The number of hydrogen-bond acceptors (Lipinski definition) is 4. The topological polar surface area (TPSA) is 76.4 Å². The lowest BCUT2D eigenvalue weighted by Crippen LogP contribution is -2.29. The minimum atomic E-state index is 0.206. The monoisotopic (exact) mass is 292 g/mol. The number of rotatable bonds is 1. The molecular formula is C16H12N4S. The van der Waals surface area contributed by atoms with Gasteiger partial charge in [0.05, 0.1) is 10.6 Å². The van der Waals surface area contributed by atoms with Crippen molar-refractivity contribution in [2.45, 2.75) is 18.0 Å². The minimum absolute atomic E-state index is 0.206. The SMILES string of the molecule is N#Cc1c(-c2ccccc2)c(C#N)c(=N)n2c1SCCC2. The summed E-state index contributed by atoms with van der Waals surface area (Å²) in [5.41, 5.74) is 2.40. The summed E-state index contributed by atoms with van der Waals surface area (Å²) in [5, 5.41) is 28.2. The van der Waals surface area contributed by atoms with Crippen molar-refractivity contribution in [3.05, 3.63) is 46.9 Å². The van der Waals surface area contributed by atoms with Crippen LogP contribution in [0.25, 0.3) is 11.1 Å². The number of fused-ring (bicyclic) bond motifs is 1. The molecule has 0 saturated carbocycles. The molecule has 0 unspecified atom stereocenters. The highest BCUT2D eigenvalue weighted by molar-refractivity contribution is 7.99. The van der Waals surface area contributed by atoms with Crippen molar-refractivity contribution in [2.24, 2.45) is 0 Å². The van der Waals surface area contributed by atoms with E-state index in [0.717, 1.165) is 22.8 Å². The zero-order chi connectivity index (χ0) is 14.8. The fraction of sp³-hybridized carbons (Fsp3) is 0.188. The molecule has 0 atom stereocenters. The van der Waals surface area contributed by atoms with E-state index in [4.69, 9.17) is 5.41 Å². The van der Waals surface area contributed by atoms with Crippen LogP contribution in [0.15, 0.2) is 35.4 Å². The van der Waals surface area contributed by atoms with Crippen molar-refractivity contribution in [2.75, 3.05) is 5.75 Å². The van der Waals surface area contributed by atoms with E-state index >= 15 is 0 Å². The number of benzene rings is 1. The second kappa shape index (κ2) is 5.47. The molecule has 0 amide bonds. The zero-order valence-corrected chi connectivity index (χ0v) is 12.1. The smallest absolute Gasteiger partial charge is 0.144 e. The molecule has 0 fully saturated rings. The summed E-state index contributed by atoms with van der Waals surface area (Å²) in [6.45, 7) is 0.694. The number of nitrogens with one attached hydrogen (secondary N) is 1. The van der Waals surface area contributed by atoms with E-state index in [2.05, 4.69) is 12.1 Å². The molecule has 1 N–H and O–H groups in total. The maximum absolute atomic E-state index is 9.60. The van der Waals surface area contributed by atoms with Gasteiger partial charge in [0.15, 0.2) is 0 Å². The Morgan fingerprint density at radius 1 is 1.10 bits per heavy atom. The summed E-state index contributed by atoms with van der Waals surface area (Å²) in [6, 6.07) is 13.8. The Morgan fingerprint density at radius 3 is 2.48 bits per heavy atom. The first-order valence-electron chi connectivity index (χ1n) is 6.61. The van der Waals surface area contributed by atoms with Crippen molar-refractivity contribution in [3.63, 3.8) is 0 Å². The molecule has 1 aromatic heterocycles. The van der Waals surface area contributed by atoms with Crippen LogP contribution in [0.2, 0.25) is 0 Å². The number of aromatic nitrogens is 1. The maximum Gasteiger partial charge on any atom is 0.144 e. The number of hydrogen-bond donors (Lipinski definition) is 1. The van der Waals surface area contributed by atoms with Gasteiger partial charge in [-0.2, -0.15) is 10.5 Å². The van der Waals surface area contributed by atoms with Crippen LogP contribution >= 0.6 is 11.8 Å². The van der Waals surface area contributed by atoms with Crippen molar-refractivity contribution >= 4 is 11.8 Å². The van der Waals surface area contributed by atoms with Gasteiger partial charge in [-0.15, -0.1) is 11.8 Å². The molecule has 3 rings (SSSR count). The quantitative estimate of drug-likeness (QED) is 0.878. The van der Waals surface area contributed by atoms with Gasteiger partial charge >= 0.3 is 0 Å². The molecule has 0 radical (unpaired) electrons. The Bertz CT molecular complexity index is 838. The van der Waals surface area contributed by atoms with Crippen LogP contribution in [-0.2, 0) is 6.54 Å². The normalized spacial score (nSPS) is 13.0. The van der Waals surface area contributed by atoms with Crippen LogP contribution in [0.3, 0.4) is 0 Å². The van der Waals surface area contributed by atoms with E-state index in [1.54, 1.807) is 16.3 Å². The van der Waals surface area contributed by atoms with Crippen molar-refractivity contribution in [3.8, 4) is 23.3 Å². The Kier molecular flexibility index (Phi) is 3.51. The van der Waals surface area contributed by atoms with Crippen LogP contribution in [0.5, 0.6) is 0 Å². The lowest BCUT2D eigenvalue weighted by atomic mass is 9.97. The van der Waals surface area contributed by atoms with E-state index in [-0.39, 0.29) is 11.1 Å². The molecule has 1 aromatic carbocycles. The van der Waals surface area contributed by atoms with Gasteiger partial charge < -0.3 is 4.57 Å². The fourth-order valence-corrected chi connectivity index (χ4v) is 3.68. The van der Waals surface area contributed by atoms with Gasteiger partial charge in [-0.05, 0) is 12.0 Å². The van der Waals surface area contributed by atoms with Crippen LogP contribution < -0.4 is 5.49 Å². The number of thioether (sulfide) groups is 1. The van der Waals surface area contributed by atoms with Gasteiger partial charge in [-0.3, -0.25) is 5.41 Å². The first-order valence-corrected chi connectivity index (χ1v) is 7.60. The third kappa shape index (κ3) is 2.12. The van der Waals surface area contributed by atoms with Crippen LogP contribution in [0.4, 0.5) is 0 Å². The summed E-state index contributed by atoms with van der Waals surface area (Å²) in [6.07, 6.45) is 0.953. The number of pyridine rings is 1. The minimum Gasteiger partial charge on any atom is -0.319 e. The summed E-state index contributed by atoms with van der Waals surface area (Å²) in [7, 11) is 0. The highest BCUT2D eigenvalue weighted by atomic mass is 32.2. The van der Waals surface area contributed by atoms with Crippen molar-refractivity contribution in [1.29, 1.82) is 15.9 Å². The molecular weight excluding hydrogens is 280 g/mol. The third-order valence-electron chi connectivity index (χ3n) is 3.52. The molecule has 2 aromatic rings. The highest BCUT2D eigenvalue weighted by Gasteiger charge is 2.23. The molecule has 0 spiro atoms. The maximum atomic E-state index is 9.60. The van der Waals surface area contributed by atoms with Crippen LogP contribution in [0.1, 0.15) is 17.5 Å². The molecule has 102 valence electrons. The fourth-order valence-electron chi connectivity index (χ4n) is 2.58. The standard InChI is InChI=1S/C16H12N4S/c17-9-12-14(11-5-2-1-3-6-11)13(10-18)16-20(15(12)19)7-4-8-21-16/h1-3,5-6,19H,4,7-8H2. The van der Waals surface area contributed by atoms with E-state index in [0.29, 0.717) is 17.7 Å². The number of nitriles is 2. The van der Waals surface area contributed by atoms with Gasteiger partial charge in [0, 0.05) is 17.9 Å². The Morgan fingerprint density at radius 2 is 1.81 bits per heavy atom. The largest absolute Gasteiger partial charge is 0.319 e. The second-order valence-electron chi connectivity index (χ2n) is 4.72. The number of nitrogens with zero attached hydrogens (tertiary/aromatic N) is 3. The molecule has 1 aliphatic heterocycles. The molecule has 4 nitrogen and oxygen atoms in total. The molecule has 0 bridgehead atoms. The van der Waals surface area contributed by atoms with E-state index < -0.39 is 0 Å². The summed E-state index contributed by atoms with van der Waals surface area (Å²) in [5.74, 6) is 0.939. The molecule has 21 heavy (non-hydrogen) atoms. The summed E-state index contributed by atoms with van der Waals surface area (Å²) >= 11 is 1.59. The Hall–Kier alpha value is -2.50. The average molecular weight is 292 g/mol. The molecule has 1 aliphatic rings. The summed E-state index contributed by atoms with van der Waals surface area (Å²) in [4.78, 5) is 0. The van der Waals surface area contributed by atoms with Crippen LogP contribution in [0, 0.1) is 28.1 Å². The second-order valence-corrected chi connectivity index (χ2v) is 5.81. The first-order chi connectivity index (χ1) is 10.3. The van der Waals surface area contributed by atoms with Crippen LogP contribution in [-0.4, -0.2) is 10.3 Å². The average Bonchev–Trinajstić information content (AvgIpc) is 2.55. The van der Waals surface area contributed by atoms with Gasteiger partial charge in [0.25, 0.3) is 0 Å². The van der Waals surface area contributed by atoms with Gasteiger partial charge in [-0.1, -0.05) is 30.3 Å². The lowest BCUT2D eigenvalue weighted by Gasteiger charge is -2.22. The van der Waals surface area contributed by atoms with Gasteiger partial charge in [-0.25, -0.2) is 0 Å². The lowest BCUT2D eigenvalue weighted by molar-refractivity contribution is 0.573. The van der Waals surface area contributed by atoms with E-state index in [1.165, 1.54) is 0 Å². The molecule has 2 heterocycles. The van der Waals surface area contributed by atoms with E-state index in [1.807, 2.05) is 30.3 Å². The zero-order valence-electron chi connectivity index (χ0n) is 11.3. The Balaban J connectivity index is 2.44. The molecule has 0 aliphatic carbocycles. The van der Waals surface area contributed by atoms with Crippen molar-refractivity contribution in [1.82, 2.24) is 4.57 Å². The highest BCUT2D eigenvalue weighted by Crippen LogP contribution is 2.34. The third-order valence-corrected chi connectivity index (χ3v) is 4.71. The van der Waals surface area contributed by atoms with Gasteiger partial charge in [0.2, 0.25) is 0 Å². The van der Waals surface area contributed by atoms with E-state index in [9.17, 15) is 10.5 Å². The summed E-state index contributed by atoms with van der Waals surface area (Å²) < 4.78 is 1.79. The molecule has 5 heteroatoms. The Labute approximate surface area is 126 Å². The van der Waals surface area contributed by atoms with Crippen molar-refractivity contribution < 1.29 is 0 Å². The predicted molar refractivity (Wildman–Crippen MR) is 80.5 cm³/mol. The first kappa shape index (κ1) is 13.5. The molecule has 0 saturated heterocycles. The van der Waals surface area contributed by atoms with Gasteiger partial charge in [0.1, 0.15) is 23.2 Å².